The highest BCUT2D eigenvalue weighted by molar-refractivity contribution is 9.09. The molecule has 0 rings (SSSR count). The number of alkyl halides is 1. The minimum Gasteiger partial charge on any atom is -0.480 e. The van der Waals surface area contributed by atoms with E-state index in [4.69, 9.17) is 10.8 Å². The maximum Gasteiger partial charge on any atom is 0.320 e. The molecule has 9 heavy (non-hydrogen) atoms. The molecule has 0 spiro atoms. The molecule has 0 heterocycles. The van der Waals surface area contributed by atoms with Crippen LogP contribution in [0.3, 0.4) is 0 Å². The van der Waals surface area contributed by atoms with E-state index >= 15 is 0 Å². The summed E-state index contributed by atoms with van der Waals surface area (Å²) < 4.78 is 0. The standard InChI is InChI=1S/C4H8BrNO2.BrH/c5-2-1-3(6)4(7)8;/h3H,1-2,6H2,(H,7,8);1H/t3-;/m1./s1. The van der Waals surface area contributed by atoms with Gasteiger partial charge in [0, 0.05) is 5.33 Å². The van der Waals surface area contributed by atoms with Gasteiger partial charge in [-0.25, -0.2) is 0 Å². The highest BCUT2D eigenvalue weighted by Crippen LogP contribution is 1.91. The second-order valence-corrected chi connectivity index (χ2v) is 2.22. The van der Waals surface area contributed by atoms with Crippen LogP contribution in [0.2, 0.25) is 0 Å². The number of carboxylic acid groups (broad SMARTS) is 1. The van der Waals surface area contributed by atoms with Gasteiger partial charge < -0.3 is 10.8 Å². The second kappa shape index (κ2) is 6.51. The van der Waals surface area contributed by atoms with Gasteiger partial charge in [-0.1, -0.05) is 15.9 Å². The summed E-state index contributed by atoms with van der Waals surface area (Å²) in [6.07, 6.45) is 0.481. The van der Waals surface area contributed by atoms with E-state index in [1.807, 2.05) is 0 Å². The summed E-state index contributed by atoms with van der Waals surface area (Å²) in [5.74, 6) is -0.940. The number of carbonyl (C=O) groups is 1. The number of hydrogen-bond donors (Lipinski definition) is 2. The molecule has 0 bridgehead atoms. The first kappa shape index (κ1) is 12.1. The van der Waals surface area contributed by atoms with E-state index in [0.717, 1.165) is 0 Å². The number of rotatable bonds is 3. The first-order valence-corrected chi connectivity index (χ1v) is 3.35. The van der Waals surface area contributed by atoms with E-state index in [1.165, 1.54) is 0 Å². The van der Waals surface area contributed by atoms with Crippen molar-refractivity contribution in [3.05, 3.63) is 0 Å². The van der Waals surface area contributed by atoms with Crippen molar-refractivity contribution in [3.8, 4) is 0 Å². The molecule has 0 aliphatic heterocycles. The van der Waals surface area contributed by atoms with Crippen molar-refractivity contribution in [2.75, 3.05) is 5.33 Å². The quantitative estimate of drug-likeness (QED) is 0.739. The fourth-order valence-corrected chi connectivity index (χ4v) is 0.734. The van der Waals surface area contributed by atoms with Crippen molar-refractivity contribution in [1.82, 2.24) is 0 Å². The van der Waals surface area contributed by atoms with Crippen molar-refractivity contribution in [2.24, 2.45) is 5.73 Å². The molecular weight excluding hydrogens is 254 g/mol. The molecule has 0 aliphatic rings. The van der Waals surface area contributed by atoms with E-state index in [1.54, 1.807) is 0 Å². The van der Waals surface area contributed by atoms with Crippen molar-refractivity contribution >= 4 is 38.9 Å². The van der Waals surface area contributed by atoms with Crippen LogP contribution in [0.1, 0.15) is 6.42 Å². The molecule has 0 saturated carbocycles. The monoisotopic (exact) mass is 261 g/mol. The predicted molar refractivity (Wildman–Crippen MR) is 44.3 cm³/mol. The first-order valence-electron chi connectivity index (χ1n) is 2.23. The average Bonchev–Trinajstić information content (AvgIpc) is 1.67. The lowest BCUT2D eigenvalue weighted by molar-refractivity contribution is -0.138. The average molecular weight is 263 g/mol. The summed E-state index contributed by atoms with van der Waals surface area (Å²) in [5, 5.41) is 8.81. The molecule has 1 atom stereocenters. The summed E-state index contributed by atoms with van der Waals surface area (Å²) in [6.45, 7) is 0. The van der Waals surface area contributed by atoms with E-state index in [-0.39, 0.29) is 17.0 Å². The van der Waals surface area contributed by atoms with Crippen LogP contribution in [-0.4, -0.2) is 22.4 Å². The Morgan fingerprint density at radius 3 is 2.33 bits per heavy atom. The van der Waals surface area contributed by atoms with Gasteiger partial charge in [0.15, 0.2) is 0 Å². The van der Waals surface area contributed by atoms with Crippen molar-refractivity contribution in [3.63, 3.8) is 0 Å². The summed E-state index contributed by atoms with van der Waals surface area (Å²) in [6, 6.07) is -0.714. The molecule has 0 aromatic carbocycles. The van der Waals surface area contributed by atoms with Gasteiger partial charge in [-0.05, 0) is 6.42 Å². The third-order valence-corrected chi connectivity index (χ3v) is 1.20. The smallest absolute Gasteiger partial charge is 0.320 e. The van der Waals surface area contributed by atoms with Crippen LogP contribution in [0.4, 0.5) is 0 Å². The molecule has 0 aromatic heterocycles. The minimum atomic E-state index is -0.940. The third-order valence-electron chi connectivity index (χ3n) is 0.737. The Bertz CT molecular complexity index is 88.6. The van der Waals surface area contributed by atoms with E-state index < -0.39 is 12.0 Å². The number of aliphatic carboxylic acids is 1. The van der Waals surface area contributed by atoms with E-state index in [9.17, 15) is 4.79 Å². The van der Waals surface area contributed by atoms with Crippen molar-refractivity contribution in [1.29, 1.82) is 0 Å². The van der Waals surface area contributed by atoms with Gasteiger partial charge in [0.05, 0.1) is 0 Å². The van der Waals surface area contributed by atoms with Gasteiger partial charge in [0.2, 0.25) is 0 Å². The summed E-state index contributed by atoms with van der Waals surface area (Å²) in [7, 11) is 0. The minimum absolute atomic E-state index is 0. The Morgan fingerprint density at radius 1 is 1.78 bits per heavy atom. The maximum atomic E-state index is 9.94. The molecule has 0 aliphatic carbocycles. The van der Waals surface area contributed by atoms with E-state index in [0.29, 0.717) is 11.8 Å². The lowest BCUT2D eigenvalue weighted by Crippen LogP contribution is -2.30. The fourth-order valence-electron chi connectivity index (χ4n) is 0.241. The molecule has 0 fully saturated rings. The first-order chi connectivity index (χ1) is 3.68. The van der Waals surface area contributed by atoms with Crippen LogP contribution in [-0.2, 0) is 4.79 Å². The maximum absolute atomic E-state index is 9.94. The lowest BCUT2D eigenvalue weighted by atomic mass is 10.2. The highest BCUT2D eigenvalue weighted by atomic mass is 79.9. The fraction of sp³-hybridized carbons (Fsp3) is 0.750. The Kier molecular flexibility index (Phi) is 8.75. The normalized spacial score (nSPS) is 11.8. The summed E-state index contributed by atoms with van der Waals surface area (Å²) >= 11 is 3.07. The Hall–Kier alpha value is 0.390. The number of hydrogen-bond acceptors (Lipinski definition) is 2. The zero-order valence-electron chi connectivity index (χ0n) is 4.71. The number of nitrogens with two attached hydrogens (primary N) is 1. The Morgan fingerprint density at radius 2 is 2.22 bits per heavy atom. The SMILES string of the molecule is Br.N[C@H](CCBr)C(=O)O. The molecular formula is C4H9Br2NO2. The molecule has 0 radical (unpaired) electrons. The third kappa shape index (κ3) is 6.27. The van der Waals surface area contributed by atoms with Crippen LogP contribution in [0.5, 0.6) is 0 Å². The summed E-state index contributed by atoms with van der Waals surface area (Å²) in [4.78, 5) is 9.94. The molecule has 0 amide bonds. The number of carboxylic acids is 1. The van der Waals surface area contributed by atoms with Gasteiger partial charge in [0.25, 0.3) is 0 Å². The molecule has 0 aromatic rings. The van der Waals surface area contributed by atoms with Crippen LogP contribution in [0, 0.1) is 0 Å². The van der Waals surface area contributed by atoms with Gasteiger partial charge >= 0.3 is 5.97 Å². The molecule has 0 saturated heterocycles. The Labute approximate surface area is 72.5 Å². The predicted octanol–water partition coefficient (Wildman–Crippen LogP) is 0.761. The van der Waals surface area contributed by atoms with Crippen LogP contribution < -0.4 is 5.73 Å². The van der Waals surface area contributed by atoms with Crippen LogP contribution >= 0.6 is 32.9 Å². The molecule has 3 nitrogen and oxygen atoms in total. The highest BCUT2D eigenvalue weighted by Gasteiger charge is 2.08. The van der Waals surface area contributed by atoms with E-state index in [2.05, 4.69) is 15.9 Å². The molecule has 3 N–H and O–H groups in total. The Balaban J connectivity index is 0. The zero-order valence-corrected chi connectivity index (χ0v) is 8.01. The largest absolute Gasteiger partial charge is 0.480 e. The van der Waals surface area contributed by atoms with Crippen LogP contribution in [0.25, 0.3) is 0 Å². The number of halogens is 2. The second-order valence-electron chi connectivity index (χ2n) is 1.42. The topological polar surface area (TPSA) is 63.3 Å². The van der Waals surface area contributed by atoms with Crippen molar-refractivity contribution in [2.45, 2.75) is 12.5 Å². The summed E-state index contributed by atoms with van der Waals surface area (Å²) in [5.41, 5.74) is 5.10. The van der Waals surface area contributed by atoms with Crippen molar-refractivity contribution < 1.29 is 9.90 Å². The lowest BCUT2D eigenvalue weighted by Gasteiger charge is -1.99. The van der Waals surface area contributed by atoms with Crippen LogP contribution in [0.15, 0.2) is 0 Å². The van der Waals surface area contributed by atoms with Gasteiger partial charge in [-0.3, -0.25) is 4.79 Å². The van der Waals surface area contributed by atoms with Gasteiger partial charge in [-0.15, -0.1) is 17.0 Å². The van der Waals surface area contributed by atoms with Gasteiger partial charge in [0.1, 0.15) is 6.04 Å². The zero-order chi connectivity index (χ0) is 6.57. The molecule has 0 unspecified atom stereocenters. The van der Waals surface area contributed by atoms with Gasteiger partial charge in [-0.2, -0.15) is 0 Å². The molecule has 56 valence electrons. The molecule has 5 heteroatoms.